The standard InChI is InChI=1S/C24H15N9O9/c1-42-14-8-17(19-10-30(28-26-19)12-2-4-15(23(34)35)21(6-12)32(38)39)25-18(9-14)20-11-31(29-27-20)13-3-5-16(24(36)37)22(7-13)33(40)41/h2-11H,1H3,(H,34,35)(H,36,37). The molecular formula is C24H15N9O9. The molecule has 18 heteroatoms. The van der Waals surface area contributed by atoms with Gasteiger partial charge in [-0.1, -0.05) is 10.4 Å². The van der Waals surface area contributed by atoms with E-state index in [1.54, 1.807) is 12.1 Å². The smallest absolute Gasteiger partial charge is 0.342 e. The Kier molecular flexibility index (Phi) is 6.76. The zero-order valence-corrected chi connectivity index (χ0v) is 21.1. The molecule has 18 nitrogen and oxygen atoms in total. The zero-order chi connectivity index (χ0) is 30.1. The lowest BCUT2D eigenvalue weighted by atomic mass is 10.1. The van der Waals surface area contributed by atoms with E-state index in [0.717, 1.165) is 24.3 Å². The summed E-state index contributed by atoms with van der Waals surface area (Å²) in [7, 11) is 1.42. The van der Waals surface area contributed by atoms with Crippen LogP contribution in [0.5, 0.6) is 5.75 Å². The lowest BCUT2D eigenvalue weighted by Crippen LogP contribution is -2.04. The summed E-state index contributed by atoms with van der Waals surface area (Å²) in [6, 6.07) is 10.1. The normalized spacial score (nSPS) is 10.8. The third-order valence-corrected chi connectivity index (χ3v) is 5.89. The van der Waals surface area contributed by atoms with Crippen molar-refractivity contribution >= 4 is 23.3 Å². The molecule has 0 radical (unpaired) electrons. The molecule has 0 fully saturated rings. The largest absolute Gasteiger partial charge is 0.497 e. The molecule has 0 aliphatic rings. The molecule has 0 aliphatic carbocycles. The second-order valence-corrected chi connectivity index (χ2v) is 8.40. The van der Waals surface area contributed by atoms with Crippen LogP contribution in [0.1, 0.15) is 20.7 Å². The summed E-state index contributed by atoms with van der Waals surface area (Å²) in [5, 5.41) is 57.2. The van der Waals surface area contributed by atoms with Crippen molar-refractivity contribution in [3.05, 3.63) is 92.3 Å². The number of ether oxygens (including phenoxy) is 1. The van der Waals surface area contributed by atoms with E-state index in [2.05, 4.69) is 25.6 Å². The van der Waals surface area contributed by atoms with Crippen LogP contribution in [0, 0.1) is 20.2 Å². The van der Waals surface area contributed by atoms with E-state index in [-0.39, 0.29) is 34.2 Å². The maximum atomic E-state index is 11.4. The third kappa shape index (κ3) is 5.04. The second-order valence-electron chi connectivity index (χ2n) is 8.40. The van der Waals surface area contributed by atoms with Crippen LogP contribution >= 0.6 is 0 Å². The van der Waals surface area contributed by atoms with E-state index in [9.17, 15) is 40.0 Å². The number of nitro groups is 2. The summed E-state index contributed by atoms with van der Waals surface area (Å²) in [4.78, 5) is 48.3. The van der Waals surface area contributed by atoms with Crippen molar-refractivity contribution < 1.29 is 34.4 Å². The van der Waals surface area contributed by atoms with Crippen molar-refractivity contribution in [2.45, 2.75) is 0 Å². The highest BCUT2D eigenvalue weighted by atomic mass is 16.6. The molecule has 5 aromatic rings. The molecule has 42 heavy (non-hydrogen) atoms. The summed E-state index contributed by atoms with van der Waals surface area (Å²) in [6.07, 6.45) is 2.84. The number of methoxy groups -OCH3 is 1. The number of pyridine rings is 1. The molecule has 2 N–H and O–H groups in total. The van der Waals surface area contributed by atoms with Crippen LogP contribution in [0.2, 0.25) is 0 Å². The highest BCUT2D eigenvalue weighted by Crippen LogP contribution is 2.29. The summed E-state index contributed by atoms with van der Waals surface area (Å²) in [6.45, 7) is 0. The summed E-state index contributed by atoms with van der Waals surface area (Å²) in [5.74, 6) is -2.55. The Hall–Kier alpha value is -6.59. The van der Waals surface area contributed by atoms with Crippen molar-refractivity contribution in [2.75, 3.05) is 7.11 Å². The number of carboxylic acid groups (broad SMARTS) is 2. The maximum Gasteiger partial charge on any atom is 0.342 e. The average Bonchev–Trinajstić information content (AvgIpc) is 3.67. The van der Waals surface area contributed by atoms with E-state index >= 15 is 0 Å². The van der Waals surface area contributed by atoms with E-state index in [4.69, 9.17) is 4.74 Å². The highest BCUT2D eigenvalue weighted by molar-refractivity contribution is 5.93. The lowest BCUT2D eigenvalue weighted by molar-refractivity contribution is -0.385. The molecule has 0 saturated heterocycles. The fraction of sp³-hybridized carbons (Fsp3) is 0.0417. The van der Waals surface area contributed by atoms with Gasteiger partial charge < -0.3 is 14.9 Å². The summed E-state index contributed by atoms with van der Waals surface area (Å²) < 4.78 is 7.78. The molecule has 210 valence electrons. The fourth-order valence-corrected chi connectivity index (χ4v) is 3.89. The molecule has 3 aromatic heterocycles. The topological polar surface area (TPSA) is 244 Å². The number of carbonyl (C=O) groups is 2. The van der Waals surface area contributed by atoms with Crippen molar-refractivity contribution in [3.8, 4) is 39.9 Å². The Bertz CT molecular complexity index is 1780. The minimum Gasteiger partial charge on any atom is -0.497 e. The van der Waals surface area contributed by atoms with Gasteiger partial charge in [0.1, 0.15) is 28.3 Å². The maximum absolute atomic E-state index is 11.4. The molecule has 0 amide bonds. The average molecular weight is 573 g/mol. The molecule has 5 rings (SSSR count). The van der Waals surface area contributed by atoms with Crippen LogP contribution < -0.4 is 4.74 Å². The van der Waals surface area contributed by atoms with Gasteiger partial charge >= 0.3 is 11.9 Å². The predicted octanol–water partition coefficient (Wildman–Crippen LogP) is 2.80. The quantitative estimate of drug-likeness (QED) is 0.190. The van der Waals surface area contributed by atoms with Gasteiger partial charge in [-0.15, -0.1) is 10.2 Å². The zero-order valence-electron chi connectivity index (χ0n) is 21.1. The molecule has 0 saturated carbocycles. The fourth-order valence-electron chi connectivity index (χ4n) is 3.89. The molecule has 0 atom stereocenters. The van der Waals surface area contributed by atoms with Gasteiger partial charge in [0.2, 0.25) is 0 Å². The minimum absolute atomic E-state index is 0.180. The van der Waals surface area contributed by atoms with Gasteiger partial charge in [-0.3, -0.25) is 20.2 Å². The molecule has 0 unspecified atom stereocenters. The molecular weight excluding hydrogens is 558 g/mol. The Balaban J connectivity index is 1.50. The Labute approximate surface area is 232 Å². The Morgan fingerprint density at radius 1 is 0.738 bits per heavy atom. The number of benzene rings is 2. The van der Waals surface area contributed by atoms with E-state index in [1.165, 1.54) is 41.0 Å². The molecule has 2 aromatic carbocycles. The van der Waals surface area contributed by atoms with Crippen LogP contribution in [0.25, 0.3) is 34.2 Å². The molecule has 0 spiro atoms. The van der Waals surface area contributed by atoms with E-state index < -0.39 is 44.3 Å². The number of rotatable bonds is 9. The minimum atomic E-state index is -1.45. The van der Waals surface area contributed by atoms with Crippen LogP contribution in [-0.2, 0) is 0 Å². The van der Waals surface area contributed by atoms with Crippen LogP contribution in [0.3, 0.4) is 0 Å². The van der Waals surface area contributed by atoms with E-state index in [0.29, 0.717) is 5.75 Å². The highest BCUT2D eigenvalue weighted by Gasteiger charge is 2.23. The monoisotopic (exact) mass is 573 g/mol. The lowest BCUT2D eigenvalue weighted by Gasteiger charge is -2.05. The molecule has 3 heterocycles. The van der Waals surface area contributed by atoms with Gasteiger partial charge in [0, 0.05) is 24.3 Å². The first-order valence-electron chi connectivity index (χ1n) is 11.5. The van der Waals surface area contributed by atoms with Crippen LogP contribution in [-0.4, -0.2) is 74.1 Å². The number of nitrogens with zero attached hydrogens (tertiary/aromatic N) is 9. The number of nitro benzene ring substituents is 2. The predicted molar refractivity (Wildman–Crippen MR) is 139 cm³/mol. The van der Waals surface area contributed by atoms with Crippen LogP contribution in [0.4, 0.5) is 11.4 Å². The molecule has 0 aliphatic heterocycles. The van der Waals surface area contributed by atoms with Crippen molar-refractivity contribution in [1.82, 2.24) is 35.0 Å². The van der Waals surface area contributed by atoms with Gasteiger partial charge in [-0.2, -0.15) is 0 Å². The van der Waals surface area contributed by atoms with Crippen LogP contribution in [0.15, 0.2) is 60.9 Å². The van der Waals surface area contributed by atoms with Gasteiger partial charge in [0.15, 0.2) is 0 Å². The SMILES string of the molecule is COc1cc(-c2cn(-c3ccc(C(=O)O)c([N+](=O)[O-])c3)nn2)nc(-c2cn(-c3ccc(C(=O)O)c([N+](=O)[O-])c3)nn2)c1. The number of hydrogen-bond acceptors (Lipinski definition) is 12. The van der Waals surface area contributed by atoms with Gasteiger partial charge in [-0.05, 0) is 24.3 Å². The number of aromatic carboxylic acids is 2. The number of aromatic nitrogens is 7. The van der Waals surface area contributed by atoms with Gasteiger partial charge in [-0.25, -0.2) is 23.9 Å². The second kappa shape index (κ2) is 10.5. The van der Waals surface area contributed by atoms with Crippen molar-refractivity contribution in [3.63, 3.8) is 0 Å². The third-order valence-electron chi connectivity index (χ3n) is 5.89. The van der Waals surface area contributed by atoms with Crippen molar-refractivity contribution in [2.24, 2.45) is 0 Å². The first-order valence-corrected chi connectivity index (χ1v) is 11.5. The summed E-state index contributed by atoms with van der Waals surface area (Å²) >= 11 is 0. The summed E-state index contributed by atoms with van der Waals surface area (Å²) in [5.41, 5.74) is -0.854. The van der Waals surface area contributed by atoms with Gasteiger partial charge in [0.25, 0.3) is 11.4 Å². The Morgan fingerprint density at radius 2 is 1.17 bits per heavy atom. The number of carboxylic acids is 2. The van der Waals surface area contributed by atoms with Crippen molar-refractivity contribution in [1.29, 1.82) is 0 Å². The van der Waals surface area contributed by atoms with E-state index in [1.807, 2.05) is 0 Å². The first kappa shape index (κ1) is 27.0. The Morgan fingerprint density at radius 3 is 1.52 bits per heavy atom. The molecule has 0 bridgehead atoms. The van der Waals surface area contributed by atoms with Gasteiger partial charge in [0.05, 0.1) is 52.1 Å². The number of hydrogen-bond donors (Lipinski definition) is 2. The first-order chi connectivity index (χ1) is 20.0.